The Hall–Kier alpha value is -2.86. The summed E-state index contributed by atoms with van der Waals surface area (Å²) in [6.45, 7) is 6.21. The molecule has 3 aliphatic heterocycles. The molecule has 0 saturated carbocycles. The van der Waals surface area contributed by atoms with Gasteiger partial charge in [0, 0.05) is 12.6 Å². The van der Waals surface area contributed by atoms with Gasteiger partial charge in [0.15, 0.2) is 22.5 Å². The first kappa shape index (κ1) is 28.2. The minimum absolute atomic E-state index is 0.0244. The molecule has 4 rings (SSSR count). The van der Waals surface area contributed by atoms with Gasteiger partial charge in [-0.1, -0.05) is 0 Å². The number of rotatable bonds is 9. The smallest absolute Gasteiger partial charge is 0.407 e. The van der Waals surface area contributed by atoms with E-state index in [1.165, 1.54) is 11.8 Å². The van der Waals surface area contributed by atoms with Crippen LogP contribution in [-0.2, 0) is 11.3 Å². The van der Waals surface area contributed by atoms with Crippen molar-refractivity contribution in [2.75, 3.05) is 31.5 Å². The lowest BCUT2D eigenvalue weighted by atomic mass is 9.91. The minimum Gasteiger partial charge on any atom is -0.497 e. The van der Waals surface area contributed by atoms with Gasteiger partial charge in [0.05, 0.1) is 25.4 Å². The van der Waals surface area contributed by atoms with Gasteiger partial charge in [-0.2, -0.15) is 11.8 Å². The van der Waals surface area contributed by atoms with E-state index in [0.29, 0.717) is 52.9 Å². The van der Waals surface area contributed by atoms with E-state index in [2.05, 4.69) is 15.3 Å². The quantitative estimate of drug-likeness (QED) is 0.371. The fraction of sp³-hybridized carbons (Fsp3) is 0.538. The predicted octanol–water partition coefficient (Wildman–Crippen LogP) is 4.96. The lowest BCUT2D eigenvalue weighted by Crippen LogP contribution is -2.44. The summed E-state index contributed by atoms with van der Waals surface area (Å²) < 4.78 is 18.4. The highest BCUT2D eigenvalue weighted by Gasteiger charge is 2.28. The lowest BCUT2D eigenvalue weighted by molar-refractivity contribution is 0.0478. The number of imidazole rings is 1. The number of nitrogens with zero attached hydrogens (tertiary/aromatic N) is 4. The van der Waals surface area contributed by atoms with E-state index in [9.17, 15) is 4.79 Å². The monoisotopic (exact) mass is 560 g/mol. The highest BCUT2D eigenvalue weighted by molar-refractivity contribution is 7.99. The van der Waals surface area contributed by atoms with Gasteiger partial charge in [0.25, 0.3) is 0 Å². The Kier molecular flexibility index (Phi) is 9.14. The van der Waals surface area contributed by atoms with Gasteiger partial charge >= 0.3 is 6.09 Å². The number of amides is 1. The van der Waals surface area contributed by atoms with Crippen LogP contribution in [-0.4, -0.2) is 63.0 Å². The molecule has 1 amide bonds. The molecule has 3 aliphatic rings. The normalized spacial score (nSPS) is 15.3. The van der Waals surface area contributed by atoms with Crippen LogP contribution < -0.4 is 20.5 Å². The van der Waals surface area contributed by atoms with Gasteiger partial charge in [0.1, 0.15) is 17.1 Å². The molecular formula is C26H36N6O4S2. The van der Waals surface area contributed by atoms with Crippen molar-refractivity contribution >= 4 is 35.4 Å². The molecule has 0 aliphatic carbocycles. The highest BCUT2D eigenvalue weighted by atomic mass is 32.2. The van der Waals surface area contributed by atoms with E-state index in [4.69, 9.17) is 24.9 Å². The molecule has 1 aromatic rings. The molecule has 1 aromatic carbocycles. The number of alkyl carbamates (subject to hydrolysis) is 1. The van der Waals surface area contributed by atoms with Crippen molar-refractivity contribution < 1.29 is 19.0 Å². The van der Waals surface area contributed by atoms with Crippen molar-refractivity contribution in [1.29, 1.82) is 0 Å². The van der Waals surface area contributed by atoms with Crippen LogP contribution in [0, 0.1) is 5.92 Å². The SMILES string of the molecule is COc1ccc(OC)c(Sc2nc3c(N)ncn(CCC(NC(=O)OC(C)(C)C)C4CCSCC4)c-3n2)c1. The van der Waals surface area contributed by atoms with Crippen LogP contribution >= 0.6 is 23.5 Å². The van der Waals surface area contributed by atoms with Gasteiger partial charge in [-0.3, -0.25) is 0 Å². The van der Waals surface area contributed by atoms with Crippen LogP contribution in [0.4, 0.5) is 10.6 Å². The Bertz CT molecular complexity index is 1210. The summed E-state index contributed by atoms with van der Waals surface area (Å²) in [4.78, 5) is 27.3. The second-order valence-corrected chi connectivity index (χ2v) is 12.3. The van der Waals surface area contributed by atoms with Crippen LogP contribution in [0.5, 0.6) is 11.5 Å². The maximum absolute atomic E-state index is 12.6. The number of methoxy groups -OCH3 is 2. The third kappa shape index (κ3) is 7.16. The average Bonchev–Trinajstić information content (AvgIpc) is 3.31. The van der Waals surface area contributed by atoms with Gasteiger partial charge in [0.2, 0.25) is 0 Å². The van der Waals surface area contributed by atoms with Crippen LogP contribution in [0.2, 0.25) is 0 Å². The molecule has 0 bridgehead atoms. The molecule has 3 heterocycles. The summed E-state index contributed by atoms with van der Waals surface area (Å²) >= 11 is 3.33. The number of nitrogens with two attached hydrogens (primary N) is 1. The number of aromatic nitrogens is 4. The van der Waals surface area contributed by atoms with Crippen LogP contribution in [0.25, 0.3) is 11.5 Å². The maximum Gasteiger partial charge on any atom is 0.407 e. The molecule has 3 N–H and O–H groups in total. The summed E-state index contributed by atoms with van der Waals surface area (Å²) in [7, 11) is 3.24. The zero-order valence-electron chi connectivity index (χ0n) is 22.5. The van der Waals surface area contributed by atoms with Crippen molar-refractivity contribution in [1.82, 2.24) is 24.8 Å². The second kappa shape index (κ2) is 12.3. The molecule has 38 heavy (non-hydrogen) atoms. The Labute approximate surface area is 232 Å². The first-order chi connectivity index (χ1) is 18.2. The van der Waals surface area contributed by atoms with E-state index in [1.54, 1.807) is 20.5 Å². The van der Waals surface area contributed by atoms with Crippen LogP contribution in [0.15, 0.2) is 34.6 Å². The van der Waals surface area contributed by atoms with Gasteiger partial charge in [-0.15, -0.1) is 0 Å². The number of carbonyl (C=O) groups excluding carboxylic acids is 1. The molecular weight excluding hydrogens is 524 g/mol. The Morgan fingerprint density at radius 3 is 2.68 bits per heavy atom. The van der Waals surface area contributed by atoms with E-state index in [0.717, 1.165) is 29.2 Å². The van der Waals surface area contributed by atoms with Crippen molar-refractivity contribution in [2.45, 2.75) is 68.3 Å². The summed E-state index contributed by atoms with van der Waals surface area (Å²) in [6.07, 6.45) is 4.13. The lowest BCUT2D eigenvalue weighted by Gasteiger charge is -2.32. The number of fused-ring (bicyclic) bond motifs is 1. The molecule has 206 valence electrons. The van der Waals surface area contributed by atoms with E-state index >= 15 is 0 Å². The molecule has 1 unspecified atom stereocenters. The maximum atomic E-state index is 12.6. The van der Waals surface area contributed by atoms with Gasteiger partial charge < -0.3 is 29.8 Å². The molecule has 0 spiro atoms. The number of nitrogens with one attached hydrogen (secondary N) is 1. The third-order valence-electron chi connectivity index (χ3n) is 6.26. The summed E-state index contributed by atoms with van der Waals surface area (Å²) in [5, 5.41) is 3.67. The predicted molar refractivity (Wildman–Crippen MR) is 150 cm³/mol. The molecule has 1 atom stereocenters. The first-order valence-corrected chi connectivity index (χ1v) is 14.6. The second-order valence-electron chi connectivity index (χ2n) is 10.1. The average molecular weight is 561 g/mol. The van der Waals surface area contributed by atoms with Crippen molar-refractivity contribution in [3.63, 3.8) is 0 Å². The number of carbonyl (C=O) groups is 1. The van der Waals surface area contributed by atoms with Gasteiger partial charge in [-0.25, -0.2) is 19.7 Å². The Balaban J connectivity index is 1.54. The van der Waals surface area contributed by atoms with E-state index in [-0.39, 0.29) is 12.1 Å². The number of aryl methyl sites for hydroxylation is 1. The number of benzene rings is 1. The standard InChI is InChI=1S/C26H36N6O4S2/c1-26(2,3)36-25(33)29-18(16-9-12-37-13-10-16)8-11-32-15-28-22(27)21-23(32)31-24(30-21)38-20-14-17(34-4)6-7-19(20)35-5/h6-7,14-16,18H,8-13,27H2,1-5H3,(H,29,33). The molecule has 10 nitrogen and oxygen atoms in total. The topological polar surface area (TPSA) is 126 Å². The molecule has 1 fully saturated rings. The van der Waals surface area contributed by atoms with Crippen molar-refractivity contribution in [3.8, 4) is 23.0 Å². The highest BCUT2D eigenvalue weighted by Crippen LogP contribution is 2.38. The minimum atomic E-state index is -0.552. The molecule has 12 heteroatoms. The number of anilines is 1. The van der Waals surface area contributed by atoms with Crippen molar-refractivity contribution in [3.05, 3.63) is 24.5 Å². The largest absolute Gasteiger partial charge is 0.497 e. The number of nitrogen functional groups attached to an aromatic ring is 1. The zero-order valence-corrected chi connectivity index (χ0v) is 24.2. The third-order valence-corrected chi connectivity index (χ3v) is 8.21. The van der Waals surface area contributed by atoms with Crippen LogP contribution in [0.1, 0.15) is 40.0 Å². The van der Waals surface area contributed by atoms with Crippen molar-refractivity contribution in [2.24, 2.45) is 5.92 Å². The number of thioether (sulfide) groups is 1. The Morgan fingerprint density at radius 1 is 1.24 bits per heavy atom. The summed E-state index contributed by atoms with van der Waals surface area (Å²) in [6, 6.07) is 5.55. The molecule has 0 aromatic heterocycles. The fourth-order valence-corrected chi connectivity index (χ4v) is 6.42. The zero-order chi connectivity index (χ0) is 27.3. The number of hydrogen-bond acceptors (Lipinski definition) is 10. The van der Waals surface area contributed by atoms with E-state index < -0.39 is 5.60 Å². The molecule has 0 radical (unpaired) electrons. The Morgan fingerprint density at radius 2 is 2.00 bits per heavy atom. The summed E-state index contributed by atoms with van der Waals surface area (Å²) in [5.74, 6) is 4.97. The van der Waals surface area contributed by atoms with E-state index in [1.807, 2.05) is 55.3 Å². The van der Waals surface area contributed by atoms with Gasteiger partial charge in [-0.05, 0) is 87.4 Å². The molecule has 1 saturated heterocycles. The number of hydrogen-bond donors (Lipinski definition) is 2. The number of ether oxygens (including phenoxy) is 3. The fourth-order valence-electron chi connectivity index (χ4n) is 4.39. The van der Waals surface area contributed by atoms with Crippen LogP contribution in [0.3, 0.4) is 0 Å². The summed E-state index contributed by atoms with van der Waals surface area (Å²) in [5.41, 5.74) is 6.17. The first-order valence-electron chi connectivity index (χ1n) is 12.6.